The summed E-state index contributed by atoms with van der Waals surface area (Å²) in [5.41, 5.74) is 5.31. The van der Waals surface area contributed by atoms with E-state index in [9.17, 15) is 8.42 Å². The molecule has 0 amide bonds. The van der Waals surface area contributed by atoms with Crippen LogP contribution in [0.25, 0.3) is 0 Å². The average Bonchev–Trinajstić information content (AvgIpc) is 2.47. The zero-order valence-electron chi connectivity index (χ0n) is 7.49. The highest BCUT2D eigenvalue weighted by Crippen LogP contribution is 2.18. The van der Waals surface area contributed by atoms with Gasteiger partial charge in [-0.3, -0.25) is 0 Å². The lowest BCUT2D eigenvalue weighted by Crippen LogP contribution is -2.18. The summed E-state index contributed by atoms with van der Waals surface area (Å²) in [7, 11) is -2.07. The van der Waals surface area contributed by atoms with Crippen molar-refractivity contribution in [2.45, 2.75) is 18.4 Å². The molecule has 0 aliphatic carbocycles. The van der Waals surface area contributed by atoms with Crippen LogP contribution in [0.15, 0.2) is 15.4 Å². The van der Waals surface area contributed by atoms with Gasteiger partial charge < -0.3 is 10.2 Å². The molecule has 1 aromatic heterocycles. The van der Waals surface area contributed by atoms with Gasteiger partial charge in [-0.05, 0) is 14.0 Å². The summed E-state index contributed by atoms with van der Waals surface area (Å²) < 4.78 is 30.0. The maximum Gasteiger partial charge on any atom is 0.243 e. The highest BCUT2D eigenvalue weighted by Gasteiger charge is 2.18. The first-order chi connectivity index (χ1) is 6.01. The molecule has 1 aromatic rings. The molecule has 0 saturated carbocycles. The second kappa shape index (κ2) is 3.49. The predicted molar refractivity (Wildman–Crippen MR) is 47.6 cm³/mol. The van der Waals surface area contributed by atoms with Crippen LogP contribution in [0.5, 0.6) is 0 Å². The summed E-state index contributed by atoms with van der Waals surface area (Å²) in [4.78, 5) is 0.149. The number of nitrogens with two attached hydrogens (primary N) is 1. The van der Waals surface area contributed by atoms with Gasteiger partial charge in [0.2, 0.25) is 10.0 Å². The van der Waals surface area contributed by atoms with E-state index in [0.717, 1.165) is 0 Å². The van der Waals surface area contributed by atoms with E-state index in [4.69, 9.17) is 10.2 Å². The molecule has 1 heterocycles. The SMILES string of the molecule is CNS(=O)(=O)c1cc(CN)oc1C. The fourth-order valence-electron chi connectivity index (χ4n) is 1.00. The van der Waals surface area contributed by atoms with Gasteiger partial charge in [-0.15, -0.1) is 0 Å². The third-order valence-corrected chi connectivity index (χ3v) is 3.20. The van der Waals surface area contributed by atoms with Gasteiger partial charge in [0, 0.05) is 6.07 Å². The maximum atomic E-state index is 11.3. The topological polar surface area (TPSA) is 85.3 Å². The Bertz CT molecular complexity index is 394. The zero-order chi connectivity index (χ0) is 10.1. The van der Waals surface area contributed by atoms with Crippen LogP contribution in [0.2, 0.25) is 0 Å². The Morgan fingerprint density at radius 1 is 1.62 bits per heavy atom. The highest BCUT2D eigenvalue weighted by molar-refractivity contribution is 7.89. The standard InChI is InChI=1S/C7H12N2O3S/c1-5-7(13(10,11)9-2)3-6(4-8)12-5/h3,9H,4,8H2,1-2H3. The lowest BCUT2D eigenvalue weighted by atomic mass is 10.4. The van der Waals surface area contributed by atoms with Crippen molar-refractivity contribution in [3.05, 3.63) is 17.6 Å². The molecule has 0 radical (unpaired) electrons. The fourth-order valence-corrected chi connectivity index (χ4v) is 1.93. The van der Waals surface area contributed by atoms with Gasteiger partial charge in [-0.1, -0.05) is 0 Å². The molecule has 0 saturated heterocycles. The minimum absolute atomic E-state index is 0.149. The van der Waals surface area contributed by atoms with Crippen LogP contribution in [-0.4, -0.2) is 15.5 Å². The van der Waals surface area contributed by atoms with Crippen LogP contribution < -0.4 is 10.5 Å². The van der Waals surface area contributed by atoms with E-state index in [0.29, 0.717) is 11.5 Å². The minimum Gasteiger partial charge on any atom is -0.464 e. The number of nitrogens with one attached hydrogen (secondary N) is 1. The van der Waals surface area contributed by atoms with Crippen LogP contribution in [-0.2, 0) is 16.6 Å². The molecular weight excluding hydrogens is 192 g/mol. The van der Waals surface area contributed by atoms with Crippen molar-refractivity contribution < 1.29 is 12.8 Å². The molecule has 74 valence electrons. The smallest absolute Gasteiger partial charge is 0.243 e. The van der Waals surface area contributed by atoms with E-state index in [1.807, 2.05) is 0 Å². The number of furan rings is 1. The molecule has 0 unspecified atom stereocenters. The van der Waals surface area contributed by atoms with Gasteiger partial charge >= 0.3 is 0 Å². The molecule has 13 heavy (non-hydrogen) atoms. The predicted octanol–water partition coefficient (Wildman–Crippen LogP) is -0.0452. The molecule has 1 rings (SSSR count). The maximum absolute atomic E-state index is 11.3. The quantitative estimate of drug-likeness (QED) is 0.723. The molecule has 0 atom stereocenters. The van der Waals surface area contributed by atoms with Crippen molar-refractivity contribution in [3.63, 3.8) is 0 Å². The molecule has 0 bridgehead atoms. The third kappa shape index (κ3) is 1.90. The van der Waals surface area contributed by atoms with Crippen LogP contribution in [0.3, 0.4) is 0 Å². The van der Waals surface area contributed by atoms with Gasteiger partial charge in [-0.2, -0.15) is 0 Å². The van der Waals surface area contributed by atoms with E-state index < -0.39 is 10.0 Å². The summed E-state index contributed by atoms with van der Waals surface area (Å²) in [5.74, 6) is 0.820. The summed E-state index contributed by atoms with van der Waals surface area (Å²) >= 11 is 0. The Hall–Kier alpha value is -0.850. The first kappa shape index (κ1) is 10.2. The van der Waals surface area contributed by atoms with Crippen molar-refractivity contribution in [3.8, 4) is 0 Å². The molecule has 0 fully saturated rings. The monoisotopic (exact) mass is 204 g/mol. The lowest BCUT2D eigenvalue weighted by molar-refractivity contribution is 0.478. The summed E-state index contributed by atoms with van der Waals surface area (Å²) in [6.07, 6.45) is 0. The molecule has 0 spiro atoms. The van der Waals surface area contributed by atoms with Gasteiger partial charge in [0.1, 0.15) is 16.4 Å². The van der Waals surface area contributed by atoms with E-state index >= 15 is 0 Å². The van der Waals surface area contributed by atoms with Gasteiger partial charge in [0.05, 0.1) is 6.54 Å². The van der Waals surface area contributed by atoms with Gasteiger partial charge in [0.15, 0.2) is 0 Å². The lowest BCUT2D eigenvalue weighted by Gasteiger charge is -1.97. The van der Waals surface area contributed by atoms with Crippen molar-refractivity contribution >= 4 is 10.0 Å². The largest absolute Gasteiger partial charge is 0.464 e. The molecule has 0 aliphatic rings. The van der Waals surface area contributed by atoms with Gasteiger partial charge in [0.25, 0.3) is 0 Å². The minimum atomic E-state index is -3.42. The number of hydrogen-bond acceptors (Lipinski definition) is 4. The molecule has 0 aromatic carbocycles. The first-order valence-electron chi connectivity index (χ1n) is 3.74. The Morgan fingerprint density at radius 3 is 2.62 bits per heavy atom. The molecule has 6 heteroatoms. The number of sulfonamides is 1. The Kier molecular flexibility index (Phi) is 2.74. The third-order valence-electron chi connectivity index (χ3n) is 1.68. The Labute approximate surface area is 77.0 Å². The first-order valence-corrected chi connectivity index (χ1v) is 5.22. The number of rotatable bonds is 3. The van der Waals surface area contributed by atoms with Crippen LogP contribution in [0.4, 0.5) is 0 Å². The van der Waals surface area contributed by atoms with Crippen molar-refractivity contribution in [1.82, 2.24) is 4.72 Å². The van der Waals surface area contributed by atoms with Crippen molar-refractivity contribution in [2.24, 2.45) is 5.73 Å². The molecule has 5 nitrogen and oxygen atoms in total. The van der Waals surface area contributed by atoms with Gasteiger partial charge in [-0.25, -0.2) is 13.1 Å². The second-order valence-electron chi connectivity index (χ2n) is 2.54. The van der Waals surface area contributed by atoms with Crippen LogP contribution in [0, 0.1) is 6.92 Å². The van der Waals surface area contributed by atoms with E-state index in [2.05, 4.69) is 4.72 Å². The Balaban J connectivity index is 3.23. The van der Waals surface area contributed by atoms with Crippen molar-refractivity contribution in [1.29, 1.82) is 0 Å². The zero-order valence-corrected chi connectivity index (χ0v) is 8.31. The van der Waals surface area contributed by atoms with E-state index in [1.54, 1.807) is 6.92 Å². The van der Waals surface area contributed by atoms with Crippen LogP contribution in [0.1, 0.15) is 11.5 Å². The van der Waals surface area contributed by atoms with E-state index in [-0.39, 0.29) is 11.4 Å². The Morgan fingerprint density at radius 2 is 2.23 bits per heavy atom. The molecule has 3 N–H and O–H groups in total. The summed E-state index contributed by atoms with van der Waals surface area (Å²) in [6, 6.07) is 1.43. The number of aryl methyl sites for hydroxylation is 1. The summed E-state index contributed by atoms with van der Waals surface area (Å²) in [6.45, 7) is 1.78. The fraction of sp³-hybridized carbons (Fsp3) is 0.429. The number of hydrogen-bond donors (Lipinski definition) is 2. The molecule has 0 aliphatic heterocycles. The summed E-state index contributed by atoms with van der Waals surface area (Å²) in [5, 5.41) is 0. The van der Waals surface area contributed by atoms with Crippen molar-refractivity contribution in [2.75, 3.05) is 7.05 Å². The second-order valence-corrected chi connectivity index (χ2v) is 4.40. The van der Waals surface area contributed by atoms with E-state index in [1.165, 1.54) is 13.1 Å². The normalized spacial score (nSPS) is 11.9. The van der Waals surface area contributed by atoms with Crippen LogP contribution >= 0.6 is 0 Å². The molecular formula is C7H12N2O3S. The highest BCUT2D eigenvalue weighted by atomic mass is 32.2. The average molecular weight is 204 g/mol.